The zero-order valence-corrected chi connectivity index (χ0v) is 15.6. The number of halogens is 2. The van der Waals surface area contributed by atoms with Crippen molar-refractivity contribution in [3.8, 4) is 0 Å². The third-order valence-corrected chi connectivity index (χ3v) is 5.37. The molecule has 3 nitrogen and oxygen atoms in total. The first-order chi connectivity index (χ1) is 11.4. The van der Waals surface area contributed by atoms with Crippen molar-refractivity contribution in [2.24, 2.45) is 0 Å². The van der Waals surface area contributed by atoms with Crippen molar-refractivity contribution in [3.05, 3.63) is 63.6 Å². The molecule has 2 aromatic rings. The van der Waals surface area contributed by atoms with Crippen molar-refractivity contribution in [1.82, 2.24) is 0 Å². The predicted molar refractivity (Wildman–Crippen MR) is 102 cm³/mol. The Morgan fingerprint density at radius 3 is 2.33 bits per heavy atom. The maximum absolute atomic E-state index is 12.2. The summed E-state index contributed by atoms with van der Waals surface area (Å²) < 4.78 is 0. The number of thioether (sulfide) groups is 1. The van der Waals surface area contributed by atoms with Gasteiger partial charge in [-0.3, -0.25) is 9.59 Å². The summed E-state index contributed by atoms with van der Waals surface area (Å²) in [6.45, 7) is 3.36. The van der Waals surface area contributed by atoms with Crippen LogP contribution >= 0.6 is 35.0 Å². The fourth-order valence-corrected chi connectivity index (χ4v) is 3.11. The number of hydrogen-bond acceptors (Lipinski definition) is 3. The fraction of sp³-hybridized carbons (Fsp3) is 0.222. The number of benzene rings is 2. The second-order valence-corrected chi connectivity index (χ2v) is 7.47. The number of rotatable bonds is 6. The van der Waals surface area contributed by atoms with Crippen molar-refractivity contribution < 1.29 is 9.59 Å². The van der Waals surface area contributed by atoms with E-state index >= 15 is 0 Å². The van der Waals surface area contributed by atoms with Crippen molar-refractivity contribution in [2.75, 3.05) is 5.32 Å². The van der Waals surface area contributed by atoms with Gasteiger partial charge < -0.3 is 5.32 Å². The highest BCUT2D eigenvalue weighted by Crippen LogP contribution is 2.26. The van der Waals surface area contributed by atoms with Gasteiger partial charge in [-0.25, -0.2) is 0 Å². The minimum atomic E-state index is -0.230. The van der Waals surface area contributed by atoms with Gasteiger partial charge in [0, 0.05) is 17.0 Å². The van der Waals surface area contributed by atoms with Crippen molar-refractivity contribution in [2.45, 2.75) is 24.9 Å². The van der Waals surface area contributed by atoms with E-state index in [-0.39, 0.29) is 16.9 Å². The molecular weight excluding hydrogens is 365 g/mol. The molecule has 1 amide bonds. The standard InChI is InChI=1S/C18H17Cl2NO2S/c1-11(22)14-4-6-15(7-5-14)21-18(23)12(2)24-10-13-3-8-16(19)17(20)9-13/h3-9,12H,10H2,1-2H3,(H,21,23). The van der Waals surface area contributed by atoms with Gasteiger partial charge in [0.15, 0.2) is 5.78 Å². The number of Topliss-reactive ketones (excluding diaryl/α,β-unsaturated/α-hetero) is 1. The average Bonchev–Trinajstić information content (AvgIpc) is 2.56. The molecule has 0 fully saturated rings. The Balaban J connectivity index is 1.89. The summed E-state index contributed by atoms with van der Waals surface area (Å²) in [5.74, 6) is 0.573. The molecule has 0 heterocycles. The van der Waals surface area contributed by atoms with Crippen LogP contribution in [0.3, 0.4) is 0 Å². The molecule has 2 aromatic carbocycles. The van der Waals surface area contributed by atoms with Crippen LogP contribution in [-0.4, -0.2) is 16.9 Å². The minimum absolute atomic E-state index is 0.00146. The molecular formula is C18H17Cl2NO2S. The third kappa shape index (κ3) is 5.26. The second-order valence-electron chi connectivity index (χ2n) is 5.32. The predicted octanol–water partition coefficient (Wildman–Crippen LogP) is 5.46. The van der Waals surface area contributed by atoms with Gasteiger partial charge in [0.1, 0.15) is 0 Å². The highest BCUT2D eigenvalue weighted by Gasteiger charge is 2.14. The van der Waals surface area contributed by atoms with E-state index in [1.165, 1.54) is 18.7 Å². The molecule has 0 bridgehead atoms. The van der Waals surface area contributed by atoms with E-state index in [2.05, 4.69) is 5.32 Å². The van der Waals surface area contributed by atoms with Gasteiger partial charge in [0.05, 0.1) is 15.3 Å². The van der Waals surface area contributed by atoms with Crippen LogP contribution in [0.15, 0.2) is 42.5 Å². The largest absolute Gasteiger partial charge is 0.325 e. The molecule has 1 unspecified atom stereocenters. The Morgan fingerprint density at radius 2 is 1.75 bits per heavy atom. The summed E-state index contributed by atoms with van der Waals surface area (Å²) in [4.78, 5) is 23.5. The Kier molecular flexibility index (Phi) is 6.72. The molecule has 6 heteroatoms. The molecule has 0 aliphatic rings. The van der Waals surface area contributed by atoms with Crippen molar-refractivity contribution >= 4 is 52.3 Å². The van der Waals surface area contributed by atoms with Crippen LogP contribution < -0.4 is 5.32 Å². The van der Waals surface area contributed by atoms with Crippen LogP contribution in [0, 0.1) is 0 Å². The van der Waals surface area contributed by atoms with Gasteiger partial charge in [-0.2, -0.15) is 0 Å². The zero-order valence-electron chi connectivity index (χ0n) is 13.3. The van der Waals surface area contributed by atoms with Gasteiger partial charge in [0.2, 0.25) is 5.91 Å². The Morgan fingerprint density at radius 1 is 1.08 bits per heavy atom. The maximum atomic E-state index is 12.2. The van der Waals surface area contributed by atoms with Gasteiger partial charge in [0.25, 0.3) is 0 Å². The van der Waals surface area contributed by atoms with Crippen LogP contribution in [0.2, 0.25) is 10.0 Å². The summed E-state index contributed by atoms with van der Waals surface area (Å²) >= 11 is 13.4. The summed E-state index contributed by atoms with van der Waals surface area (Å²) in [6, 6.07) is 12.3. The van der Waals surface area contributed by atoms with E-state index in [4.69, 9.17) is 23.2 Å². The molecule has 24 heavy (non-hydrogen) atoms. The summed E-state index contributed by atoms with van der Waals surface area (Å²) in [5.41, 5.74) is 2.31. The lowest BCUT2D eigenvalue weighted by atomic mass is 10.1. The van der Waals surface area contributed by atoms with Gasteiger partial charge in [-0.05, 0) is 55.8 Å². The highest BCUT2D eigenvalue weighted by molar-refractivity contribution is 7.99. The van der Waals surface area contributed by atoms with E-state index < -0.39 is 0 Å². The van der Waals surface area contributed by atoms with Crippen LogP contribution in [0.1, 0.15) is 29.8 Å². The van der Waals surface area contributed by atoms with Crippen molar-refractivity contribution in [1.29, 1.82) is 0 Å². The van der Waals surface area contributed by atoms with E-state index in [1.807, 2.05) is 19.1 Å². The molecule has 0 aliphatic carbocycles. The van der Waals surface area contributed by atoms with E-state index in [0.717, 1.165) is 5.56 Å². The first-order valence-corrected chi connectivity index (χ1v) is 9.14. The van der Waals surface area contributed by atoms with Crippen molar-refractivity contribution in [3.63, 3.8) is 0 Å². The van der Waals surface area contributed by atoms with Crippen LogP contribution in [-0.2, 0) is 10.5 Å². The Bertz CT molecular complexity index is 747. The topological polar surface area (TPSA) is 46.2 Å². The molecule has 2 rings (SSSR count). The number of hydrogen-bond donors (Lipinski definition) is 1. The summed E-state index contributed by atoms with van der Waals surface area (Å²) in [7, 11) is 0. The second kappa shape index (κ2) is 8.56. The molecule has 126 valence electrons. The number of amides is 1. The van der Waals surface area contributed by atoms with E-state index in [9.17, 15) is 9.59 Å². The maximum Gasteiger partial charge on any atom is 0.237 e. The number of ketones is 1. The van der Waals surface area contributed by atoms with E-state index in [1.54, 1.807) is 30.3 Å². The van der Waals surface area contributed by atoms with Gasteiger partial charge >= 0.3 is 0 Å². The first kappa shape index (κ1) is 18.8. The zero-order chi connectivity index (χ0) is 17.7. The van der Waals surface area contributed by atoms with Crippen LogP contribution in [0.5, 0.6) is 0 Å². The Hall–Kier alpha value is -1.49. The normalized spacial score (nSPS) is 11.8. The molecule has 1 N–H and O–H groups in total. The number of nitrogens with one attached hydrogen (secondary N) is 1. The average molecular weight is 382 g/mol. The summed E-state index contributed by atoms with van der Waals surface area (Å²) in [5, 5.41) is 3.65. The minimum Gasteiger partial charge on any atom is -0.325 e. The van der Waals surface area contributed by atoms with Crippen LogP contribution in [0.4, 0.5) is 5.69 Å². The molecule has 0 saturated heterocycles. The van der Waals surface area contributed by atoms with Crippen LogP contribution in [0.25, 0.3) is 0 Å². The quantitative estimate of drug-likeness (QED) is 0.675. The smallest absolute Gasteiger partial charge is 0.237 e. The monoisotopic (exact) mass is 381 g/mol. The molecule has 0 spiro atoms. The third-order valence-electron chi connectivity index (χ3n) is 3.41. The molecule has 0 saturated carbocycles. The molecule has 0 radical (unpaired) electrons. The lowest BCUT2D eigenvalue weighted by molar-refractivity contribution is -0.115. The first-order valence-electron chi connectivity index (χ1n) is 7.34. The number of carbonyl (C=O) groups is 2. The lowest BCUT2D eigenvalue weighted by Gasteiger charge is -2.12. The van der Waals surface area contributed by atoms with Gasteiger partial charge in [-0.15, -0.1) is 11.8 Å². The lowest BCUT2D eigenvalue weighted by Crippen LogP contribution is -2.22. The number of carbonyl (C=O) groups excluding carboxylic acids is 2. The SMILES string of the molecule is CC(=O)c1ccc(NC(=O)C(C)SCc2ccc(Cl)c(Cl)c2)cc1. The number of anilines is 1. The van der Waals surface area contributed by atoms with E-state index in [0.29, 0.717) is 27.0 Å². The molecule has 0 aliphatic heterocycles. The Labute approximate surface area is 155 Å². The van der Waals surface area contributed by atoms with Gasteiger partial charge in [-0.1, -0.05) is 29.3 Å². The highest BCUT2D eigenvalue weighted by atomic mass is 35.5. The fourth-order valence-electron chi connectivity index (χ4n) is 1.96. The summed E-state index contributed by atoms with van der Waals surface area (Å²) in [6.07, 6.45) is 0. The molecule has 0 aromatic heterocycles. The molecule has 1 atom stereocenters.